The van der Waals surface area contributed by atoms with Crippen LogP contribution in [-0.4, -0.2) is 54.7 Å². The summed E-state index contributed by atoms with van der Waals surface area (Å²) in [7, 11) is 0. The number of carbonyl (C=O) groups excluding carboxylic acids is 1. The van der Waals surface area contributed by atoms with Crippen LogP contribution < -0.4 is 11.1 Å². The number of aliphatic hydroxyl groups excluding tert-OH is 1. The Hall–Kier alpha value is -0.910. The summed E-state index contributed by atoms with van der Waals surface area (Å²) in [6.45, 7) is 10.9. The van der Waals surface area contributed by atoms with Crippen LogP contribution in [0.4, 0.5) is 0 Å². The molecular formula is C52H105N3O2. The fourth-order valence-corrected chi connectivity index (χ4v) is 8.35. The molecule has 0 fully saturated rings. The lowest BCUT2D eigenvalue weighted by atomic mass is 9.99. The number of allylic oxidation sites excluding steroid dienone is 2. The van der Waals surface area contributed by atoms with E-state index in [4.69, 9.17) is 5.73 Å². The van der Waals surface area contributed by atoms with Crippen LogP contribution in [0.15, 0.2) is 11.6 Å². The molecule has 4 N–H and O–H groups in total. The summed E-state index contributed by atoms with van der Waals surface area (Å²) in [6, 6.07) is 0. The molecule has 0 aliphatic heterocycles. The average Bonchev–Trinajstić information content (AvgIpc) is 3.21. The second-order valence-electron chi connectivity index (χ2n) is 18.1. The number of amides is 1. The van der Waals surface area contributed by atoms with Crippen molar-refractivity contribution >= 4 is 5.91 Å². The molecule has 340 valence electrons. The number of rotatable bonds is 48. The molecular weight excluding hydrogens is 699 g/mol. The lowest BCUT2D eigenvalue weighted by Gasteiger charge is -2.24. The Kier molecular flexibility index (Phi) is 47.0. The third-order valence-electron chi connectivity index (χ3n) is 12.3. The Morgan fingerprint density at radius 3 is 1.28 bits per heavy atom. The van der Waals surface area contributed by atoms with Crippen molar-refractivity contribution in [3.63, 3.8) is 0 Å². The van der Waals surface area contributed by atoms with E-state index in [-0.39, 0.29) is 5.91 Å². The molecule has 0 saturated heterocycles. The first-order valence-electron chi connectivity index (χ1n) is 26.1. The van der Waals surface area contributed by atoms with E-state index in [0.29, 0.717) is 19.5 Å². The summed E-state index contributed by atoms with van der Waals surface area (Å²) in [5.41, 5.74) is 7.31. The fraction of sp³-hybridized carbons (Fsp3) is 0.942. The molecule has 0 saturated carbocycles. The Morgan fingerprint density at radius 1 is 0.491 bits per heavy atom. The highest BCUT2D eigenvalue weighted by Gasteiger charge is 2.11. The van der Waals surface area contributed by atoms with Gasteiger partial charge < -0.3 is 21.1 Å². The van der Waals surface area contributed by atoms with Crippen molar-refractivity contribution in [3.8, 4) is 0 Å². The van der Waals surface area contributed by atoms with Crippen LogP contribution >= 0.6 is 0 Å². The molecule has 57 heavy (non-hydrogen) atoms. The number of hydrogen-bond donors (Lipinski definition) is 3. The van der Waals surface area contributed by atoms with E-state index in [9.17, 15) is 9.90 Å². The molecule has 0 aliphatic rings. The van der Waals surface area contributed by atoms with Gasteiger partial charge in [0.1, 0.15) is 0 Å². The number of unbranched alkanes of at least 4 members (excludes halogenated alkanes) is 33. The molecule has 1 atom stereocenters. The van der Waals surface area contributed by atoms with Gasteiger partial charge in [-0.15, -0.1) is 0 Å². The summed E-state index contributed by atoms with van der Waals surface area (Å²) >= 11 is 0. The van der Waals surface area contributed by atoms with Gasteiger partial charge in [-0.25, -0.2) is 0 Å². The molecule has 0 bridgehead atoms. The first-order valence-corrected chi connectivity index (χ1v) is 26.1. The lowest BCUT2D eigenvalue weighted by Crippen LogP contribution is -2.37. The lowest BCUT2D eigenvalue weighted by molar-refractivity contribution is -0.121. The Balaban J connectivity index is 4.55. The van der Waals surface area contributed by atoms with E-state index in [1.807, 2.05) is 0 Å². The van der Waals surface area contributed by atoms with Gasteiger partial charge in [-0.3, -0.25) is 4.79 Å². The monoisotopic (exact) mass is 804 g/mol. The summed E-state index contributed by atoms with van der Waals surface area (Å²) in [5.74, 6) is 0.235. The zero-order valence-corrected chi connectivity index (χ0v) is 39.4. The van der Waals surface area contributed by atoms with Crippen LogP contribution in [0.5, 0.6) is 0 Å². The Morgan fingerprint density at radius 2 is 0.860 bits per heavy atom. The van der Waals surface area contributed by atoms with Crippen LogP contribution in [0, 0.1) is 0 Å². The van der Waals surface area contributed by atoms with Gasteiger partial charge in [0, 0.05) is 26.1 Å². The predicted octanol–water partition coefficient (Wildman–Crippen LogP) is 15.3. The number of carbonyl (C=O) groups is 1. The maximum atomic E-state index is 12.8. The minimum absolute atomic E-state index is 0.235. The van der Waals surface area contributed by atoms with Crippen molar-refractivity contribution in [1.29, 1.82) is 0 Å². The molecule has 0 heterocycles. The van der Waals surface area contributed by atoms with E-state index in [1.54, 1.807) is 0 Å². The summed E-state index contributed by atoms with van der Waals surface area (Å²) < 4.78 is 0. The quantitative estimate of drug-likeness (QED) is 0.0423. The van der Waals surface area contributed by atoms with Crippen LogP contribution in [0.2, 0.25) is 0 Å². The van der Waals surface area contributed by atoms with E-state index < -0.39 is 6.10 Å². The zero-order chi connectivity index (χ0) is 41.5. The molecule has 0 spiro atoms. The van der Waals surface area contributed by atoms with Crippen LogP contribution in [-0.2, 0) is 4.79 Å². The Labute approximate surface area is 358 Å². The molecule has 0 rings (SSSR count). The highest BCUT2D eigenvalue weighted by atomic mass is 16.3. The second-order valence-corrected chi connectivity index (χ2v) is 18.1. The number of nitrogens with zero attached hydrogens (tertiary/aromatic N) is 1. The third-order valence-corrected chi connectivity index (χ3v) is 12.3. The molecule has 5 heteroatoms. The van der Waals surface area contributed by atoms with Gasteiger partial charge in [0.25, 0.3) is 0 Å². The van der Waals surface area contributed by atoms with E-state index in [2.05, 4.69) is 37.1 Å². The minimum atomic E-state index is -0.430. The number of hydrogen-bond acceptors (Lipinski definition) is 4. The van der Waals surface area contributed by atoms with E-state index in [1.165, 1.54) is 224 Å². The van der Waals surface area contributed by atoms with Crippen molar-refractivity contribution in [1.82, 2.24) is 10.2 Å². The fourth-order valence-electron chi connectivity index (χ4n) is 8.35. The van der Waals surface area contributed by atoms with Gasteiger partial charge in [-0.1, -0.05) is 231 Å². The minimum Gasteiger partial charge on any atom is -0.390 e. The Bertz CT molecular complexity index is 817. The SMILES string of the molecule is CCCCCCCCCCCCCC/C(=C\CCCCN(CCCCCCCCCCCCCC)CC(O)CN)CCC(=O)NCCCCCCCCCCCC. The molecule has 1 amide bonds. The topological polar surface area (TPSA) is 78.6 Å². The van der Waals surface area contributed by atoms with Gasteiger partial charge in [0.2, 0.25) is 5.91 Å². The number of aliphatic hydroxyl groups is 1. The molecule has 0 radical (unpaired) electrons. The van der Waals surface area contributed by atoms with Crippen LogP contribution in [0.3, 0.4) is 0 Å². The standard InChI is InChI=1S/C52H105N3O2/c1-4-7-10-13-16-19-22-24-26-29-32-36-41-50(43-44-52(57)54-45-38-33-30-27-21-18-15-12-9-6-3)42-37-35-40-47-55(49-51(56)48-53)46-39-34-31-28-25-23-20-17-14-11-8-5-2/h42,51,56H,4-41,43-49,53H2,1-3H3,(H,54,57)/b50-42+. The first kappa shape index (κ1) is 56.1. The summed E-state index contributed by atoms with van der Waals surface area (Å²) in [6.07, 6.45) is 54.4. The van der Waals surface area contributed by atoms with Crippen molar-refractivity contribution in [2.75, 3.05) is 32.7 Å². The van der Waals surface area contributed by atoms with Crippen LogP contribution in [0.25, 0.3) is 0 Å². The maximum absolute atomic E-state index is 12.8. The number of nitrogens with one attached hydrogen (secondary N) is 1. The average molecular weight is 804 g/mol. The predicted molar refractivity (Wildman–Crippen MR) is 254 cm³/mol. The normalized spacial score (nSPS) is 12.6. The third kappa shape index (κ3) is 44.5. The first-order chi connectivity index (χ1) is 28.1. The van der Waals surface area contributed by atoms with Gasteiger partial charge in [-0.2, -0.15) is 0 Å². The van der Waals surface area contributed by atoms with E-state index in [0.717, 1.165) is 51.7 Å². The molecule has 0 aromatic carbocycles. The molecule has 5 nitrogen and oxygen atoms in total. The van der Waals surface area contributed by atoms with Gasteiger partial charge >= 0.3 is 0 Å². The van der Waals surface area contributed by atoms with Crippen molar-refractivity contribution in [3.05, 3.63) is 11.6 Å². The van der Waals surface area contributed by atoms with Gasteiger partial charge in [0.15, 0.2) is 0 Å². The zero-order valence-electron chi connectivity index (χ0n) is 39.4. The molecule has 0 aromatic heterocycles. The van der Waals surface area contributed by atoms with Crippen molar-refractivity contribution in [2.24, 2.45) is 5.73 Å². The van der Waals surface area contributed by atoms with Gasteiger partial charge in [-0.05, 0) is 64.5 Å². The summed E-state index contributed by atoms with van der Waals surface area (Å²) in [5, 5.41) is 13.6. The van der Waals surface area contributed by atoms with E-state index >= 15 is 0 Å². The summed E-state index contributed by atoms with van der Waals surface area (Å²) in [4.78, 5) is 15.3. The van der Waals surface area contributed by atoms with Gasteiger partial charge in [0.05, 0.1) is 6.10 Å². The van der Waals surface area contributed by atoms with Crippen LogP contribution in [0.1, 0.15) is 278 Å². The smallest absolute Gasteiger partial charge is 0.220 e. The molecule has 1 unspecified atom stereocenters. The largest absolute Gasteiger partial charge is 0.390 e. The van der Waals surface area contributed by atoms with Crippen molar-refractivity contribution < 1.29 is 9.90 Å². The maximum Gasteiger partial charge on any atom is 0.220 e. The molecule has 0 aliphatic carbocycles. The molecule has 0 aromatic rings. The highest BCUT2D eigenvalue weighted by Crippen LogP contribution is 2.19. The second kappa shape index (κ2) is 47.8. The van der Waals surface area contributed by atoms with Crippen molar-refractivity contribution in [2.45, 2.75) is 284 Å². The highest BCUT2D eigenvalue weighted by molar-refractivity contribution is 5.76. The number of nitrogens with two attached hydrogens (primary N) is 1.